The van der Waals surface area contributed by atoms with Gasteiger partial charge < -0.3 is 13.9 Å². The van der Waals surface area contributed by atoms with Crippen LogP contribution in [0.1, 0.15) is 27.0 Å². The van der Waals surface area contributed by atoms with E-state index in [1.807, 2.05) is 26.0 Å². The summed E-state index contributed by atoms with van der Waals surface area (Å²) in [6, 6.07) is 11.8. The van der Waals surface area contributed by atoms with Gasteiger partial charge in [-0.15, -0.1) is 0 Å². The van der Waals surface area contributed by atoms with E-state index in [9.17, 15) is 9.59 Å². The second-order valence-corrected chi connectivity index (χ2v) is 5.83. The number of methoxy groups -OCH3 is 1. The summed E-state index contributed by atoms with van der Waals surface area (Å²) in [5, 5.41) is 0.765. The summed E-state index contributed by atoms with van der Waals surface area (Å²) in [4.78, 5) is 24.0. The predicted octanol–water partition coefficient (Wildman–Crippen LogP) is 3.78. The number of ether oxygens (including phenoxy) is 2. The summed E-state index contributed by atoms with van der Waals surface area (Å²) in [6.07, 6.45) is 0. The average molecular weight is 338 g/mol. The molecule has 128 valence electrons. The molecule has 0 radical (unpaired) electrons. The van der Waals surface area contributed by atoms with Crippen molar-refractivity contribution in [3.63, 3.8) is 0 Å². The summed E-state index contributed by atoms with van der Waals surface area (Å²) in [5.41, 5.74) is 3.12. The van der Waals surface area contributed by atoms with Gasteiger partial charge in [-0.1, -0.05) is 6.07 Å². The van der Waals surface area contributed by atoms with Gasteiger partial charge >= 0.3 is 11.6 Å². The Kier molecular flexibility index (Phi) is 4.57. The third-order valence-corrected chi connectivity index (χ3v) is 4.11. The molecule has 0 amide bonds. The molecule has 5 heteroatoms. The summed E-state index contributed by atoms with van der Waals surface area (Å²) >= 11 is 0. The fourth-order valence-corrected chi connectivity index (χ4v) is 2.58. The lowest BCUT2D eigenvalue weighted by molar-refractivity contribution is 0.0473. The van der Waals surface area contributed by atoms with E-state index in [2.05, 4.69) is 0 Å². The molecule has 0 N–H and O–H groups in total. The average Bonchev–Trinajstić information content (AvgIpc) is 2.61. The zero-order valence-corrected chi connectivity index (χ0v) is 14.3. The molecule has 0 aliphatic rings. The van der Waals surface area contributed by atoms with E-state index in [0.29, 0.717) is 22.5 Å². The van der Waals surface area contributed by atoms with Crippen molar-refractivity contribution in [2.24, 2.45) is 0 Å². The van der Waals surface area contributed by atoms with Crippen molar-refractivity contribution >= 4 is 16.9 Å². The van der Waals surface area contributed by atoms with Crippen LogP contribution in [0.5, 0.6) is 5.75 Å². The number of rotatable bonds is 4. The molecule has 0 saturated heterocycles. The number of benzene rings is 2. The monoisotopic (exact) mass is 338 g/mol. The van der Waals surface area contributed by atoms with Crippen molar-refractivity contribution in [3.05, 3.63) is 75.1 Å². The van der Waals surface area contributed by atoms with E-state index in [-0.39, 0.29) is 6.61 Å². The van der Waals surface area contributed by atoms with Crippen LogP contribution in [0.3, 0.4) is 0 Å². The fraction of sp³-hybridized carbons (Fsp3) is 0.200. The Balaban J connectivity index is 1.89. The van der Waals surface area contributed by atoms with E-state index in [0.717, 1.165) is 16.5 Å². The molecule has 0 bridgehead atoms. The van der Waals surface area contributed by atoms with E-state index in [4.69, 9.17) is 13.9 Å². The maximum atomic E-state index is 12.2. The van der Waals surface area contributed by atoms with E-state index in [1.165, 1.54) is 13.2 Å². The number of aryl methyl sites for hydroxylation is 2. The van der Waals surface area contributed by atoms with E-state index < -0.39 is 11.6 Å². The lowest BCUT2D eigenvalue weighted by Gasteiger charge is -2.09. The molecule has 0 fully saturated rings. The SMILES string of the molecule is COc1cccc(C(=O)OCc2cc(=O)oc3cc(C)c(C)cc23)c1. The summed E-state index contributed by atoms with van der Waals surface area (Å²) in [6.45, 7) is 3.91. The molecule has 0 unspecified atom stereocenters. The second kappa shape index (κ2) is 6.81. The normalized spacial score (nSPS) is 10.7. The lowest BCUT2D eigenvalue weighted by atomic mass is 10.0. The van der Waals surface area contributed by atoms with Crippen LogP contribution in [-0.2, 0) is 11.3 Å². The maximum absolute atomic E-state index is 12.2. The summed E-state index contributed by atoms with van der Waals surface area (Å²) in [7, 11) is 1.53. The Labute approximate surface area is 144 Å². The molecular weight excluding hydrogens is 320 g/mol. The zero-order valence-electron chi connectivity index (χ0n) is 14.3. The van der Waals surface area contributed by atoms with Crippen LogP contribution in [-0.4, -0.2) is 13.1 Å². The van der Waals surface area contributed by atoms with Crippen molar-refractivity contribution in [2.75, 3.05) is 7.11 Å². The number of hydrogen-bond acceptors (Lipinski definition) is 5. The van der Waals surface area contributed by atoms with Gasteiger partial charge in [0, 0.05) is 17.0 Å². The van der Waals surface area contributed by atoms with Gasteiger partial charge in [-0.2, -0.15) is 0 Å². The first-order valence-electron chi connectivity index (χ1n) is 7.83. The molecule has 0 saturated carbocycles. The third-order valence-electron chi connectivity index (χ3n) is 4.11. The van der Waals surface area contributed by atoms with Gasteiger partial charge in [0.15, 0.2) is 0 Å². The van der Waals surface area contributed by atoms with Crippen molar-refractivity contribution in [2.45, 2.75) is 20.5 Å². The molecule has 3 aromatic rings. The molecule has 1 heterocycles. The van der Waals surface area contributed by atoms with Gasteiger partial charge in [-0.05, 0) is 55.3 Å². The van der Waals surface area contributed by atoms with Gasteiger partial charge in [0.2, 0.25) is 0 Å². The minimum absolute atomic E-state index is 0.0132. The molecule has 5 nitrogen and oxygen atoms in total. The van der Waals surface area contributed by atoms with Crippen molar-refractivity contribution in [3.8, 4) is 5.75 Å². The van der Waals surface area contributed by atoms with Gasteiger partial charge in [0.1, 0.15) is 17.9 Å². The number of carbonyl (C=O) groups is 1. The zero-order chi connectivity index (χ0) is 18.0. The largest absolute Gasteiger partial charge is 0.497 e. The number of hydrogen-bond donors (Lipinski definition) is 0. The van der Waals surface area contributed by atoms with Gasteiger partial charge in [-0.3, -0.25) is 0 Å². The minimum Gasteiger partial charge on any atom is -0.497 e. The molecule has 2 aromatic carbocycles. The smallest absolute Gasteiger partial charge is 0.338 e. The van der Waals surface area contributed by atoms with Crippen LogP contribution in [0, 0.1) is 13.8 Å². The molecule has 0 atom stereocenters. The van der Waals surface area contributed by atoms with E-state index in [1.54, 1.807) is 24.3 Å². The topological polar surface area (TPSA) is 65.7 Å². The molecule has 0 aliphatic heterocycles. The first-order chi connectivity index (χ1) is 12.0. The molecule has 25 heavy (non-hydrogen) atoms. The highest BCUT2D eigenvalue weighted by Crippen LogP contribution is 2.22. The lowest BCUT2D eigenvalue weighted by Crippen LogP contribution is -2.08. The number of fused-ring (bicyclic) bond motifs is 1. The maximum Gasteiger partial charge on any atom is 0.338 e. The fourth-order valence-electron chi connectivity index (χ4n) is 2.58. The molecule has 0 aliphatic carbocycles. The Morgan fingerprint density at radius 1 is 1.08 bits per heavy atom. The highest BCUT2D eigenvalue weighted by molar-refractivity contribution is 5.90. The predicted molar refractivity (Wildman–Crippen MR) is 94.1 cm³/mol. The van der Waals surface area contributed by atoms with Crippen molar-refractivity contribution in [1.82, 2.24) is 0 Å². The summed E-state index contributed by atoms with van der Waals surface area (Å²) in [5.74, 6) is 0.0930. The van der Waals surface area contributed by atoms with Gasteiger partial charge in [0.25, 0.3) is 0 Å². The highest BCUT2D eigenvalue weighted by atomic mass is 16.5. The van der Waals surface area contributed by atoms with Crippen LogP contribution in [0.15, 0.2) is 51.7 Å². The molecule has 0 spiro atoms. The minimum atomic E-state index is -0.482. The standard InChI is InChI=1S/C20H18O5/c1-12-7-17-15(10-19(21)25-18(17)8-13(12)2)11-24-20(22)14-5-4-6-16(9-14)23-3/h4-10H,11H2,1-3H3. The quantitative estimate of drug-likeness (QED) is 0.535. The molecule has 3 rings (SSSR count). The van der Waals surface area contributed by atoms with Crippen LogP contribution < -0.4 is 10.4 Å². The number of esters is 1. The Hall–Kier alpha value is -3.08. The van der Waals surface area contributed by atoms with E-state index >= 15 is 0 Å². The second-order valence-electron chi connectivity index (χ2n) is 5.83. The van der Waals surface area contributed by atoms with Crippen LogP contribution in [0.2, 0.25) is 0 Å². The van der Waals surface area contributed by atoms with Crippen LogP contribution >= 0.6 is 0 Å². The first-order valence-corrected chi connectivity index (χ1v) is 7.83. The number of carbonyl (C=O) groups excluding carboxylic acids is 1. The van der Waals surface area contributed by atoms with Crippen molar-refractivity contribution in [1.29, 1.82) is 0 Å². The third kappa shape index (κ3) is 3.55. The Morgan fingerprint density at radius 2 is 1.84 bits per heavy atom. The summed E-state index contributed by atoms with van der Waals surface area (Å²) < 4.78 is 15.7. The Bertz CT molecular complexity index is 1000. The highest BCUT2D eigenvalue weighted by Gasteiger charge is 2.12. The van der Waals surface area contributed by atoms with Crippen LogP contribution in [0.4, 0.5) is 0 Å². The van der Waals surface area contributed by atoms with Gasteiger partial charge in [0.05, 0.1) is 12.7 Å². The molecule has 1 aromatic heterocycles. The molecular formula is C20H18O5. The Morgan fingerprint density at radius 3 is 2.60 bits per heavy atom. The van der Waals surface area contributed by atoms with Crippen molar-refractivity contribution < 1.29 is 18.7 Å². The van der Waals surface area contributed by atoms with Gasteiger partial charge in [-0.25, -0.2) is 9.59 Å². The first kappa shape index (κ1) is 16.8. The van der Waals surface area contributed by atoms with Crippen LogP contribution in [0.25, 0.3) is 11.0 Å².